The second-order valence-corrected chi connectivity index (χ2v) is 16.8. The topological polar surface area (TPSA) is 26.3 Å². The van der Waals surface area contributed by atoms with Crippen molar-refractivity contribution in [2.45, 2.75) is 118 Å². The van der Waals surface area contributed by atoms with Gasteiger partial charge in [-0.15, -0.1) is 0 Å². The average molecular weight is 433 g/mol. The number of carbonyl (C=O) groups excluding carboxylic acids is 1. The molecule has 30 heavy (non-hydrogen) atoms. The standard InChI is InChI=1S/C27H48O2Si/c1-9-30(10-2,11-3)29-22-13-12-17-26(7)21(22)14-15-23(26)25(5,6)18-16-24(28)27(8)19-20(27)4/h16,18,20-23H,9-15,17,19H2,1-8H3. The Balaban J connectivity index is 1.76. The molecule has 3 heteroatoms. The van der Waals surface area contributed by atoms with Gasteiger partial charge in [-0.25, -0.2) is 0 Å². The maximum Gasteiger partial charge on any atom is 0.192 e. The number of allylic oxidation sites excluding steroid dienone is 2. The van der Waals surface area contributed by atoms with Crippen molar-refractivity contribution in [3.8, 4) is 0 Å². The normalized spacial score (nSPS) is 39.3. The zero-order valence-corrected chi connectivity index (χ0v) is 22.1. The van der Waals surface area contributed by atoms with E-state index >= 15 is 0 Å². The first kappa shape index (κ1) is 24.2. The van der Waals surface area contributed by atoms with E-state index in [1.807, 2.05) is 6.08 Å². The smallest absolute Gasteiger partial charge is 0.192 e. The van der Waals surface area contributed by atoms with Gasteiger partial charge in [0.2, 0.25) is 0 Å². The number of rotatable bonds is 9. The first-order valence-corrected chi connectivity index (χ1v) is 15.4. The molecule has 0 saturated heterocycles. The minimum atomic E-state index is -1.57. The van der Waals surface area contributed by atoms with Crippen LogP contribution in [0.4, 0.5) is 0 Å². The molecular weight excluding hydrogens is 384 g/mol. The molecule has 0 radical (unpaired) electrons. The molecule has 3 rings (SSSR count). The molecule has 3 fully saturated rings. The van der Waals surface area contributed by atoms with Crippen LogP contribution in [0.15, 0.2) is 12.2 Å². The summed E-state index contributed by atoms with van der Waals surface area (Å²) in [6.07, 6.45) is 12.2. The van der Waals surface area contributed by atoms with Crippen molar-refractivity contribution < 1.29 is 9.22 Å². The molecule has 2 nitrogen and oxygen atoms in total. The third kappa shape index (κ3) is 4.15. The maximum absolute atomic E-state index is 12.8. The fourth-order valence-electron chi connectivity index (χ4n) is 7.32. The summed E-state index contributed by atoms with van der Waals surface area (Å²) < 4.78 is 7.10. The Labute approximate surface area is 187 Å². The van der Waals surface area contributed by atoms with E-state index in [9.17, 15) is 4.79 Å². The summed E-state index contributed by atoms with van der Waals surface area (Å²) in [5.74, 6) is 2.22. The van der Waals surface area contributed by atoms with E-state index in [-0.39, 0.29) is 10.8 Å². The van der Waals surface area contributed by atoms with Crippen LogP contribution in [-0.2, 0) is 9.22 Å². The van der Waals surface area contributed by atoms with Crippen LogP contribution in [0.25, 0.3) is 0 Å². The van der Waals surface area contributed by atoms with Crippen LogP contribution >= 0.6 is 0 Å². The number of ketones is 1. The Morgan fingerprint density at radius 3 is 2.23 bits per heavy atom. The van der Waals surface area contributed by atoms with Crippen molar-refractivity contribution in [2.24, 2.45) is 34.0 Å². The van der Waals surface area contributed by atoms with Gasteiger partial charge in [0.15, 0.2) is 14.1 Å². The van der Waals surface area contributed by atoms with Gasteiger partial charge in [0.05, 0.1) is 0 Å². The Morgan fingerprint density at radius 2 is 1.70 bits per heavy atom. The van der Waals surface area contributed by atoms with Gasteiger partial charge < -0.3 is 4.43 Å². The molecule has 0 aromatic carbocycles. The SMILES string of the molecule is CC[Si](CC)(CC)OC1CCCC2(C)C1CCC2C(C)(C)C=CC(=O)C1(C)CC1C. The van der Waals surface area contributed by atoms with E-state index in [0.29, 0.717) is 35.1 Å². The van der Waals surface area contributed by atoms with Crippen molar-refractivity contribution in [3.05, 3.63) is 12.2 Å². The van der Waals surface area contributed by atoms with Crippen molar-refractivity contribution in [3.63, 3.8) is 0 Å². The molecule has 3 saturated carbocycles. The van der Waals surface area contributed by atoms with Gasteiger partial charge in [0.1, 0.15) is 0 Å². The fraction of sp³-hybridized carbons (Fsp3) is 0.889. The van der Waals surface area contributed by atoms with Crippen LogP contribution in [0.3, 0.4) is 0 Å². The monoisotopic (exact) mass is 432 g/mol. The summed E-state index contributed by atoms with van der Waals surface area (Å²) in [4.78, 5) is 12.8. The molecule has 0 aromatic rings. The molecule has 0 bridgehead atoms. The molecule has 6 atom stereocenters. The first-order chi connectivity index (χ1) is 14.0. The second kappa shape index (κ2) is 8.50. The van der Waals surface area contributed by atoms with E-state index < -0.39 is 8.32 Å². The number of fused-ring (bicyclic) bond motifs is 1. The minimum Gasteiger partial charge on any atom is -0.414 e. The molecule has 0 amide bonds. The maximum atomic E-state index is 12.8. The lowest BCUT2D eigenvalue weighted by Crippen LogP contribution is -2.49. The van der Waals surface area contributed by atoms with Crippen molar-refractivity contribution in [1.82, 2.24) is 0 Å². The first-order valence-electron chi connectivity index (χ1n) is 12.9. The molecule has 6 unspecified atom stereocenters. The molecule has 0 aromatic heterocycles. The van der Waals surface area contributed by atoms with Crippen LogP contribution in [0, 0.1) is 34.0 Å². The zero-order valence-electron chi connectivity index (χ0n) is 21.1. The highest BCUT2D eigenvalue weighted by Crippen LogP contribution is 2.62. The summed E-state index contributed by atoms with van der Waals surface area (Å²) in [7, 11) is -1.57. The molecule has 172 valence electrons. The van der Waals surface area contributed by atoms with Crippen LogP contribution in [0.1, 0.15) is 93.9 Å². The largest absolute Gasteiger partial charge is 0.414 e. The third-order valence-corrected chi connectivity index (χ3v) is 14.8. The highest BCUT2D eigenvalue weighted by Gasteiger charge is 2.56. The van der Waals surface area contributed by atoms with E-state index in [1.54, 1.807) is 0 Å². The number of carbonyl (C=O) groups is 1. The summed E-state index contributed by atoms with van der Waals surface area (Å²) in [6.45, 7) is 18.7. The molecule has 0 aliphatic heterocycles. The van der Waals surface area contributed by atoms with Crippen LogP contribution in [-0.4, -0.2) is 20.2 Å². The molecule has 3 aliphatic rings. The van der Waals surface area contributed by atoms with Crippen molar-refractivity contribution in [2.75, 3.05) is 0 Å². The Hall–Kier alpha value is -0.413. The highest BCUT2D eigenvalue weighted by atomic mass is 28.4. The van der Waals surface area contributed by atoms with Crippen LogP contribution in [0.5, 0.6) is 0 Å². The molecule has 0 N–H and O–H groups in total. The van der Waals surface area contributed by atoms with Crippen molar-refractivity contribution in [1.29, 1.82) is 0 Å². The predicted octanol–water partition coefficient (Wildman–Crippen LogP) is 7.79. The Bertz CT molecular complexity index is 656. The van der Waals surface area contributed by atoms with E-state index in [0.717, 1.165) is 6.42 Å². The van der Waals surface area contributed by atoms with Gasteiger partial charge in [-0.05, 0) is 84.9 Å². The van der Waals surface area contributed by atoms with E-state index in [4.69, 9.17) is 4.43 Å². The number of hydrogen-bond acceptors (Lipinski definition) is 2. The van der Waals surface area contributed by atoms with E-state index in [1.165, 1.54) is 50.2 Å². The van der Waals surface area contributed by atoms with Gasteiger partial charge in [-0.2, -0.15) is 0 Å². The van der Waals surface area contributed by atoms with Gasteiger partial charge in [0, 0.05) is 11.5 Å². The van der Waals surface area contributed by atoms with Crippen LogP contribution < -0.4 is 0 Å². The third-order valence-electron chi connectivity index (χ3n) is 10.2. The molecular formula is C27H48O2Si. The van der Waals surface area contributed by atoms with Crippen molar-refractivity contribution >= 4 is 14.1 Å². The number of hydrogen-bond donors (Lipinski definition) is 0. The average Bonchev–Trinajstić information content (AvgIpc) is 3.16. The molecule has 0 heterocycles. The Kier molecular flexibility index (Phi) is 6.87. The molecule has 0 spiro atoms. The quantitative estimate of drug-likeness (QED) is 0.274. The van der Waals surface area contributed by atoms with Gasteiger partial charge in [0.25, 0.3) is 0 Å². The van der Waals surface area contributed by atoms with Gasteiger partial charge in [-0.1, -0.05) is 67.9 Å². The lowest BCUT2D eigenvalue weighted by molar-refractivity contribution is -0.119. The summed E-state index contributed by atoms with van der Waals surface area (Å²) >= 11 is 0. The lowest BCUT2D eigenvalue weighted by Gasteiger charge is -2.50. The lowest BCUT2D eigenvalue weighted by atomic mass is 9.58. The van der Waals surface area contributed by atoms with E-state index in [2.05, 4.69) is 61.5 Å². The van der Waals surface area contributed by atoms with Gasteiger partial charge >= 0.3 is 0 Å². The second-order valence-electron chi connectivity index (χ2n) is 12.1. The summed E-state index contributed by atoms with van der Waals surface area (Å²) in [5, 5.41) is 0. The van der Waals surface area contributed by atoms with Crippen LogP contribution in [0.2, 0.25) is 18.1 Å². The minimum absolute atomic E-state index is 0.0598. The predicted molar refractivity (Wildman–Crippen MR) is 130 cm³/mol. The van der Waals surface area contributed by atoms with Gasteiger partial charge in [-0.3, -0.25) is 4.79 Å². The molecule has 3 aliphatic carbocycles. The highest BCUT2D eigenvalue weighted by molar-refractivity contribution is 6.73. The zero-order chi connectivity index (χ0) is 22.4. The summed E-state index contributed by atoms with van der Waals surface area (Å²) in [5.41, 5.74) is 0.309. The summed E-state index contributed by atoms with van der Waals surface area (Å²) in [6, 6.07) is 3.74. The Morgan fingerprint density at radius 1 is 1.10 bits per heavy atom. The fourth-order valence-corrected chi connectivity index (χ4v) is 10.2.